The van der Waals surface area contributed by atoms with Gasteiger partial charge in [-0.25, -0.2) is 4.98 Å². The predicted molar refractivity (Wildman–Crippen MR) is 77.0 cm³/mol. The second-order valence-electron chi connectivity index (χ2n) is 4.26. The number of nitro groups is 1. The Morgan fingerprint density at radius 1 is 1.50 bits per heavy atom. The average Bonchev–Trinajstić information content (AvgIpc) is 3.02. The largest absolute Gasteiger partial charge is 0.467 e. The van der Waals surface area contributed by atoms with Crippen LogP contribution in [0.15, 0.2) is 34.9 Å². The molecule has 3 rings (SSSR count). The predicted octanol–water partition coefficient (Wildman–Crippen LogP) is 3.72. The Kier molecular flexibility index (Phi) is 3.11. The van der Waals surface area contributed by atoms with Gasteiger partial charge in [0.2, 0.25) is 0 Å². The van der Waals surface area contributed by atoms with Gasteiger partial charge in [0, 0.05) is 6.07 Å². The molecule has 0 saturated heterocycles. The van der Waals surface area contributed by atoms with Crippen molar-refractivity contribution >= 4 is 32.9 Å². The quantitative estimate of drug-likeness (QED) is 0.584. The van der Waals surface area contributed by atoms with Crippen LogP contribution < -0.4 is 5.32 Å². The lowest BCUT2D eigenvalue weighted by molar-refractivity contribution is -0.383. The zero-order valence-electron chi connectivity index (χ0n) is 10.6. The summed E-state index contributed by atoms with van der Waals surface area (Å²) in [4.78, 5) is 15.1. The fraction of sp³-hybridized carbons (Fsp3) is 0.154. The molecule has 0 amide bonds. The minimum absolute atomic E-state index is 0.0488. The number of fused-ring (bicyclic) bond motifs is 1. The maximum Gasteiger partial charge on any atom is 0.293 e. The number of furan rings is 1. The van der Waals surface area contributed by atoms with Gasteiger partial charge in [0.05, 0.1) is 33.0 Å². The number of rotatable bonds is 4. The summed E-state index contributed by atoms with van der Waals surface area (Å²) < 4.78 is 6.02. The molecule has 0 fully saturated rings. The monoisotopic (exact) mass is 289 g/mol. The van der Waals surface area contributed by atoms with Crippen LogP contribution in [-0.2, 0) is 6.54 Å². The normalized spacial score (nSPS) is 10.8. The van der Waals surface area contributed by atoms with Crippen LogP contribution in [0.5, 0.6) is 0 Å². The molecular formula is C13H11N3O3S. The van der Waals surface area contributed by atoms with Crippen molar-refractivity contribution in [1.82, 2.24) is 4.98 Å². The lowest BCUT2D eigenvalue weighted by atomic mass is 10.2. The third-order valence-corrected chi connectivity index (χ3v) is 3.78. The number of thiazole rings is 1. The summed E-state index contributed by atoms with van der Waals surface area (Å²) in [5, 5.41) is 15.1. The van der Waals surface area contributed by atoms with Crippen molar-refractivity contribution in [3.63, 3.8) is 0 Å². The van der Waals surface area contributed by atoms with Crippen LogP contribution in [0.3, 0.4) is 0 Å². The molecule has 0 unspecified atom stereocenters. The first-order chi connectivity index (χ1) is 9.63. The molecule has 6 nitrogen and oxygen atoms in total. The highest BCUT2D eigenvalue weighted by molar-refractivity contribution is 7.18. The molecule has 2 aromatic heterocycles. The summed E-state index contributed by atoms with van der Waals surface area (Å²) >= 11 is 1.45. The van der Waals surface area contributed by atoms with Gasteiger partial charge in [0.15, 0.2) is 0 Å². The Balaban J connectivity index is 1.98. The number of anilines is 1. The van der Waals surface area contributed by atoms with Crippen LogP contribution in [0.25, 0.3) is 10.2 Å². The lowest BCUT2D eigenvalue weighted by Crippen LogP contribution is -2.01. The maximum atomic E-state index is 11.2. The van der Waals surface area contributed by atoms with E-state index in [1.165, 1.54) is 11.3 Å². The molecule has 20 heavy (non-hydrogen) atoms. The van der Waals surface area contributed by atoms with Crippen LogP contribution in [0, 0.1) is 17.0 Å². The Hall–Kier alpha value is -2.41. The Bertz CT molecular complexity index is 765. The summed E-state index contributed by atoms with van der Waals surface area (Å²) in [5.74, 6) is 0.717. The second-order valence-corrected chi connectivity index (χ2v) is 5.49. The van der Waals surface area contributed by atoms with Crippen molar-refractivity contribution in [2.75, 3.05) is 5.32 Å². The van der Waals surface area contributed by atoms with Crippen molar-refractivity contribution in [1.29, 1.82) is 0 Å². The highest BCUT2D eigenvalue weighted by atomic mass is 32.1. The zero-order valence-corrected chi connectivity index (χ0v) is 11.4. The van der Waals surface area contributed by atoms with Gasteiger partial charge in [-0.2, -0.15) is 0 Å². The molecule has 0 aliphatic rings. The molecule has 0 aliphatic carbocycles. The number of hydrogen-bond acceptors (Lipinski definition) is 6. The molecule has 102 valence electrons. The van der Waals surface area contributed by atoms with E-state index in [1.807, 2.05) is 13.0 Å². The van der Waals surface area contributed by atoms with Gasteiger partial charge in [0.25, 0.3) is 5.69 Å². The molecule has 0 aliphatic heterocycles. The van der Waals surface area contributed by atoms with E-state index in [-0.39, 0.29) is 10.6 Å². The van der Waals surface area contributed by atoms with Gasteiger partial charge in [-0.1, -0.05) is 0 Å². The molecule has 7 heteroatoms. The number of aromatic nitrogens is 1. The molecule has 0 spiro atoms. The molecule has 1 N–H and O–H groups in total. The van der Waals surface area contributed by atoms with E-state index in [2.05, 4.69) is 10.3 Å². The molecule has 3 aromatic rings. The van der Waals surface area contributed by atoms with E-state index < -0.39 is 0 Å². The van der Waals surface area contributed by atoms with Crippen LogP contribution >= 0.6 is 11.3 Å². The molecule has 1 aromatic carbocycles. The smallest absolute Gasteiger partial charge is 0.293 e. The van der Waals surface area contributed by atoms with Gasteiger partial charge in [-0.3, -0.25) is 10.1 Å². The van der Waals surface area contributed by atoms with Crippen LogP contribution in [0.1, 0.15) is 10.8 Å². The molecule has 0 radical (unpaired) electrons. The van der Waals surface area contributed by atoms with Crippen LogP contribution in [0.2, 0.25) is 0 Å². The summed E-state index contributed by atoms with van der Waals surface area (Å²) in [6, 6.07) is 6.85. The number of nitrogens with one attached hydrogen (secondary N) is 1. The van der Waals surface area contributed by atoms with Gasteiger partial charge in [0.1, 0.15) is 11.4 Å². The minimum atomic E-state index is -0.390. The van der Waals surface area contributed by atoms with E-state index >= 15 is 0 Å². The standard InChI is InChI=1S/C13H11N3O3S/c1-8-15-11-5-10(14-7-9-3-2-4-19-9)12(16(17)18)6-13(11)20-8/h2-6,14H,7H2,1H3. The first kappa shape index (κ1) is 12.6. The van der Waals surface area contributed by atoms with Crippen molar-refractivity contribution in [2.24, 2.45) is 0 Å². The average molecular weight is 289 g/mol. The minimum Gasteiger partial charge on any atom is -0.467 e. The number of nitrogens with zero attached hydrogens (tertiary/aromatic N) is 2. The third kappa shape index (κ3) is 2.35. The SMILES string of the molecule is Cc1nc2cc(NCc3ccco3)c([N+](=O)[O-])cc2s1. The van der Waals surface area contributed by atoms with Crippen molar-refractivity contribution in [2.45, 2.75) is 13.5 Å². The molecule has 0 saturated carbocycles. The lowest BCUT2D eigenvalue weighted by Gasteiger charge is -2.05. The van der Waals surface area contributed by atoms with Gasteiger partial charge in [-0.05, 0) is 25.1 Å². The fourth-order valence-corrected chi connectivity index (χ4v) is 2.81. The second kappa shape index (κ2) is 4.93. The Morgan fingerprint density at radius 2 is 2.35 bits per heavy atom. The number of nitro benzene ring substituents is 1. The number of aryl methyl sites for hydroxylation is 1. The van der Waals surface area contributed by atoms with E-state index in [1.54, 1.807) is 24.5 Å². The summed E-state index contributed by atoms with van der Waals surface area (Å²) in [7, 11) is 0. The highest BCUT2D eigenvalue weighted by Crippen LogP contribution is 2.33. The summed E-state index contributed by atoms with van der Waals surface area (Å²) in [5.41, 5.74) is 1.26. The van der Waals surface area contributed by atoms with Crippen molar-refractivity contribution < 1.29 is 9.34 Å². The maximum absolute atomic E-state index is 11.2. The number of hydrogen-bond donors (Lipinski definition) is 1. The van der Waals surface area contributed by atoms with Crippen LogP contribution in [0.4, 0.5) is 11.4 Å². The Morgan fingerprint density at radius 3 is 3.05 bits per heavy atom. The van der Waals surface area contributed by atoms with Gasteiger partial charge < -0.3 is 9.73 Å². The molecule has 0 atom stereocenters. The zero-order chi connectivity index (χ0) is 14.1. The van der Waals surface area contributed by atoms with E-state index in [0.717, 1.165) is 15.2 Å². The fourth-order valence-electron chi connectivity index (χ4n) is 1.97. The topological polar surface area (TPSA) is 81.2 Å². The first-order valence-corrected chi connectivity index (χ1v) is 6.77. The van der Waals surface area contributed by atoms with E-state index in [9.17, 15) is 10.1 Å². The van der Waals surface area contributed by atoms with E-state index in [0.29, 0.717) is 18.0 Å². The van der Waals surface area contributed by atoms with E-state index in [4.69, 9.17) is 4.42 Å². The Labute approximate surface area is 118 Å². The van der Waals surface area contributed by atoms with Crippen molar-refractivity contribution in [3.05, 3.63) is 51.4 Å². The van der Waals surface area contributed by atoms with Crippen LogP contribution in [-0.4, -0.2) is 9.91 Å². The summed E-state index contributed by atoms with van der Waals surface area (Å²) in [6.45, 7) is 2.27. The van der Waals surface area contributed by atoms with Crippen molar-refractivity contribution in [3.8, 4) is 0 Å². The molecular weight excluding hydrogens is 278 g/mol. The molecule has 2 heterocycles. The summed E-state index contributed by atoms with van der Waals surface area (Å²) in [6.07, 6.45) is 1.57. The van der Waals surface area contributed by atoms with Gasteiger partial charge >= 0.3 is 0 Å². The first-order valence-electron chi connectivity index (χ1n) is 5.95. The third-order valence-electron chi connectivity index (χ3n) is 2.84. The number of benzene rings is 1. The van der Waals surface area contributed by atoms with Gasteiger partial charge in [-0.15, -0.1) is 11.3 Å². The molecule has 0 bridgehead atoms. The highest BCUT2D eigenvalue weighted by Gasteiger charge is 2.17.